The SMILES string of the molecule is CC(C)C1CC2(CN1C(C)C)CC21CCC1.CC[C@@H]1CC2(CN1C(C)C)CC21CCC1. The minimum Gasteiger partial charge on any atom is -0.297 e. The largest absolute Gasteiger partial charge is 0.297 e. The zero-order valence-corrected chi connectivity index (χ0v) is 22.0. The lowest BCUT2D eigenvalue weighted by Gasteiger charge is -2.32. The third-order valence-electron chi connectivity index (χ3n) is 11.6. The molecule has 2 aliphatic heterocycles. The number of nitrogens with zero attached hydrogens (tertiary/aromatic N) is 2. The van der Waals surface area contributed by atoms with Gasteiger partial charge in [-0.25, -0.2) is 0 Å². The molecule has 0 N–H and O–H groups in total. The fourth-order valence-electron chi connectivity index (χ4n) is 9.18. The van der Waals surface area contributed by atoms with Gasteiger partial charge in [0.15, 0.2) is 0 Å². The maximum absolute atomic E-state index is 2.80. The topological polar surface area (TPSA) is 6.48 Å². The standard InChI is InChI=1S/C15H27N.C14H25N/c1-11(2)13-8-15(10-16(13)12(3)4)9-14(15)6-5-7-14;1-4-12-8-14(10-15(12)11(2)3)9-13(14)6-5-7-13/h11-13H,5-10H2,1-4H3;11-12H,4-10H2,1-3H3/t;12-,14?/m.1/s1. The predicted octanol–water partition coefficient (Wildman–Crippen LogP) is 7.13. The van der Waals surface area contributed by atoms with Crippen LogP contribution >= 0.6 is 0 Å². The van der Waals surface area contributed by atoms with Gasteiger partial charge in [0.05, 0.1) is 0 Å². The number of hydrogen-bond donors (Lipinski definition) is 0. The summed E-state index contributed by atoms with van der Waals surface area (Å²) >= 11 is 0. The van der Waals surface area contributed by atoms with Crippen molar-refractivity contribution >= 4 is 0 Å². The van der Waals surface area contributed by atoms with Crippen molar-refractivity contribution in [1.29, 1.82) is 0 Å². The van der Waals surface area contributed by atoms with E-state index in [0.717, 1.165) is 51.7 Å². The van der Waals surface area contributed by atoms with Crippen LogP contribution in [0.15, 0.2) is 0 Å². The first kappa shape index (κ1) is 22.7. The number of hydrogen-bond acceptors (Lipinski definition) is 2. The summed E-state index contributed by atoms with van der Waals surface area (Å²) in [6.07, 6.45) is 16.7. The summed E-state index contributed by atoms with van der Waals surface area (Å²) in [6.45, 7) is 19.5. The molecule has 0 aromatic heterocycles. The Hall–Kier alpha value is -0.0800. The van der Waals surface area contributed by atoms with Crippen molar-refractivity contribution in [3.8, 4) is 0 Å². The van der Waals surface area contributed by atoms with E-state index in [1.807, 2.05) is 0 Å². The first-order chi connectivity index (χ1) is 14.6. The summed E-state index contributed by atoms with van der Waals surface area (Å²) < 4.78 is 0. The van der Waals surface area contributed by atoms with E-state index in [4.69, 9.17) is 0 Å². The van der Waals surface area contributed by atoms with Crippen molar-refractivity contribution in [2.75, 3.05) is 13.1 Å². The van der Waals surface area contributed by atoms with E-state index in [0.29, 0.717) is 0 Å². The minimum absolute atomic E-state index is 0.740. The van der Waals surface area contributed by atoms with Crippen LogP contribution in [0.3, 0.4) is 0 Å². The summed E-state index contributed by atoms with van der Waals surface area (Å²) in [4.78, 5) is 5.59. The molecule has 3 unspecified atom stereocenters. The van der Waals surface area contributed by atoms with Gasteiger partial charge in [-0.1, -0.05) is 33.6 Å². The van der Waals surface area contributed by atoms with Gasteiger partial charge >= 0.3 is 0 Å². The van der Waals surface area contributed by atoms with Crippen molar-refractivity contribution in [2.45, 2.75) is 143 Å². The molecular formula is C29H52N2. The maximum atomic E-state index is 2.80. The van der Waals surface area contributed by atoms with Gasteiger partial charge in [0.2, 0.25) is 0 Å². The van der Waals surface area contributed by atoms with Crippen LogP contribution in [0.4, 0.5) is 0 Å². The van der Waals surface area contributed by atoms with Crippen molar-refractivity contribution < 1.29 is 0 Å². The molecule has 6 rings (SSSR count). The minimum atomic E-state index is 0.740. The molecular weight excluding hydrogens is 376 g/mol. The highest BCUT2D eigenvalue weighted by molar-refractivity contribution is 5.23. The molecule has 0 bridgehead atoms. The summed E-state index contributed by atoms with van der Waals surface area (Å²) in [5, 5.41) is 0. The van der Waals surface area contributed by atoms with E-state index in [1.54, 1.807) is 38.5 Å². The Morgan fingerprint density at radius 2 is 1.16 bits per heavy atom. The van der Waals surface area contributed by atoms with Crippen molar-refractivity contribution in [3.05, 3.63) is 0 Å². The van der Waals surface area contributed by atoms with Gasteiger partial charge < -0.3 is 0 Å². The molecule has 6 aliphatic rings. The van der Waals surface area contributed by atoms with Gasteiger partial charge in [0.1, 0.15) is 0 Å². The van der Waals surface area contributed by atoms with E-state index in [9.17, 15) is 0 Å². The Balaban J connectivity index is 0.000000132. The second-order valence-electron chi connectivity index (χ2n) is 14.0. The monoisotopic (exact) mass is 428 g/mol. The number of rotatable bonds is 4. The second kappa shape index (κ2) is 7.46. The Bertz CT molecular complexity index is 654. The molecule has 0 aromatic carbocycles. The normalized spacial score (nSPS) is 42.0. The predicted molar refractivity (Wildman–Crippen MR) is 132 cm³/mol. The zero-order chi connectivity index (χ0) is 22.2. The van der Waals surface area contributed by atoms with E-state index in [2.05, 4.69) is 58.3 Å². The van der Waals surface area contributed by atoms with E-state index < -0.39 is 0 Å². The van der Waals surface area contributed by atoms with Crippen LogP contribution in [0.5, 0.6) is 0 Å². The van der Waals surface area contributed by atoms with Crippen molar-refractivity contribution in [1.82, 2.24) is 9.80 Å². The highest BCUT2D eigenvalue weighted by atomic mass is 15.2. The fourth-order valence-corrected chi connectivity index (χ4v) is 9.18. The molecule has 0 radical (unpaired) electrons. The summed E-state index contributed by atoms with van der Waals surface area (Å²) in [5.41, 5.74) is 3.24. The lowest BCUT2D eigenvalue weighted by molar-refractivity contribution is 0.156. The van der Waals surface area contributed by atoms with Crippen LogP contribution in [0.1, 0.15) is 119 Å². The molecule has 6 fully saturated rings. The van der Waals surface area contributed by atoms with Gasteiger partial charge in [-0.3, -0.25) is 9.80 Å². The highest BCUT2D eigenvalue weighted by Gasteiger charge is 2.73. The quantitative estimate of drug-likeness (QED) is 0.470. The molecule has 4 saturated carbocycles. The first-order valence-corrected chi connectivity index (χ1v) is 14.1. The molecule has 4 aliphatic carbocycles. The zero-order valence-electron chi connectivity index (χ0n) is 22.0. The van der Waals surface area contributed by atoms with Crippen LogP contribution in [0.25, 0.3) is 0 Å². The molecule has 4 atom stereocenters. The molecule has 2 heterocycles. The van der Waals surface area contributed by atoms with Gasteiger partial charge in [0, 0.05) is 37.3 Å². The van der Waals surface area contributed by atoms with Gasteiger partial charge in [-0.15, -0.1) is 0 Å². The molecule has 2 nitrogen and oxygen atoms in total. The van der Waals surface area contributed by atoms with Crippen LogP contribution < -0.4 is 0 Å². The summed E-state index contributed by atoms with van der Waals surface area (Å²) in [5.74, 6) is 0.833. The molecule has 178 valence electrons. The Morgan fingerprint density at radius 1 is 0.677 bits per heavy atom. The molecule has 4 spiro atoms. The van der Waals surface area contributed by atoms with Crippen LogP contribution in [0.2, 0.25) is 0 Å². The fraction of sp³-hybridized carbons (Fsp3) is 1.00. The van der Waals surface area contributed by atoms with E-state index in [1.165, 1.54) is 45.2 Å². The molecule has 2 heteroatoms. The Labute approximate surface area is 193 Å². The smallest absolute Gasteiger partial charge is 0.0127 e. The van der Waals surface area contributed by atoms with Gasteiger partial charge in [0.25, 0.3) is 0 Å². The maximum Gasteiger partial charge on any atom is 0.0127 e. The second-order valence-corrected chi connectivity index (χ2v) is 14.0. The average Bonchev–Trinajstić information content (AvgIpc) is 3.35. The molecule has 2 saturated heterocycles. The average molecular weight is 429 g/mol. The highest BCUT2D eigenvalue weighted by Crippen LogP contribution is 2.78. The van der Waals surface area contributed by atoms with Crippen LogP contribution in [-0.4, -0.2) is 47.1 Å². The third-order valence-corrected chi connectivity index (χ3v) is 11.6. The Kier molecular flexibility index (Phi) is 5.46. The van der Waals surface area contributed by atoms with Crippen LogP contribution in [-0.2, 0) is 0 Å². The van der Waals surface area contributed by atoms with Crippen LogP contribution in [0, 0.1) is 27.6 Å². The first-order valence-electron chi connectivity index (χ1n) is 14.1. The van der Waals surface area contributed by atoms with Gasteiger partial charge in [-0.2, -0.15) is 0 Å². The molecule has 0 amide bonds. The van der Waals surface area contributed by atoms with Gasteiger partial charge in [-0.05, 0) is 113 Å². The summed E-state index contributed by atoms with van der Waals surface area (Å²) in [7, 11) is 0. The van der Waals surface area contributed by atoms with Crippen molar-refractivity contribution in [2.24, 2.45) is 27.6 Å². The van der Waals surface area contributed by atoms with E-state index >= 15 is 0 Å². The van der Waals surface area contributed by atoms with Crippen molar-refractivity contribution in [3.63, 3.8) is 0 Å². The lowest BCUT2D eigenvalue weighted by atomic mass is 9.74. The summed E-state index contributed by atoms with van der Waals surface area (Å²) in [6, 6.07) is 3.25. The molecule has 31 heavy (non-hydrogen) atoms. The third kappa shape index (κ3) is 3.31. The number of likely N-dealkylation sites (tertiary alicyclic amines) is 2. The Morgan fingerprint density at radius 3 is 1.45 bits per heavy atom. The van der Waals surface area contributed by atoms with E-state index in [-0.39, 0.29) is 0 Å². The lowest BCUT2D eigenvalue weighted by Crippen LogP contribution is -2.38. The molecule has 0 aromatic rings. The number of fused-ring (bicyclic) bond motifs is 2.